The molecule has 1 aliphatic rings. The minimum Gasteiger partial charge on any atom is -0.350 e. The van der Waals surface area contributed by atoms with Gasteiger partial charge in [-0.2, -0.15) is 0 Å². The summed E-state index contributed by atoms with van der Waals surface area (Å²) < 4.78 is 27.4. The summed E-state index contributed by atoms with van der Waals surface area (Å²) in [5.41, 5.74) is -1.65. The molecule has 1 aromatic rings. The van der Waals surface area contributed by atoms with Crippen molar-refractivity contribution in [1.82, 2.24) is 5.32 Å². The lowest BCUT2D eigenvalue weighted by molar-refractivity contribution is -0.123. The summed E-state index contributed by atoms with van der Waals surface area (Å²) >= 11 is 0. The first-order chi connectivity index (χ1) is 9.61. The molecule has 21 heavy (non-hydrogen) atoms. The van der Waals surface area contributed by atoms with Crippen molar-refractivity contribution in [3.05, 3.63) is 29.3 Å². The fraction of sp³-hybridized carbons (Fsp3) is 0.357. The van der Waals surface area contributed by atoms with Gasteiger partial charge in [0.25, 0.3) is 11.7 Å². The number of anilines is 1. The normalized spacial score (nSPS) is 14.4. The highest BCUT2D eigenvalue weighted by atomic mass is 19.1. The summed E-state index contributed by atoms with van der Waals surface area (Å²) in [5.74, 6) is -4.73. The number of hydrogen-bond acceptors (Lipinski definition) is 3. The molecule has 0 radical (unpaired) electrons. The van der Waals surface area contributed by atoms with Gasteiger partial charge in [0.15, 0.2) is 0 Å². The molecule has 1 aliphatic heterocycles. The molecule has 5 nitrogen and oxygen atoms in total. The van der Waals surface area contributed by atoms with E-state index in [4.69, 9.17) is 0 Å². The molecule has 2 amide bonds. The number of carbonyl (C=O) groups excluding carboxylic acids is 3. The first-order valence-corrected chi connectivity index (χ1v) is 6.27. The van der Waals surface area contributed by atoms with Crippen LogP contribution in [0.2, 0.25) is 0 Å². The Morgan fingerprint density at radius 1 is 1.19 bits per heavy atom. The maximum absolute atomic E-state index is 13.8. The minimum absolute atomic E-state index is 0.478. The standard InChI is InChI=1S/C14H14F2N2O3/c1-14(2,3)17-9(19)6-18-11-8(16)5-4-7(15)10(11)12(20)13(18)21/h4-5H,6H2,1-3H3,(H,17,19). The quantitative estimate of drug-likeness (QED) is 0.839. The third kappa shape index (κ3) is 2.76. The minimum atomic E-state index is -1.15. The number of amides is 2. The van der Waals surface area contributed by atoms with Crippen LogP contribution in [0, 0.1) is 11.6 Å². The van der Waals surface area contributed by atoms with Crippen molar-refractivity contribution < 1.29 is 23.2 Å². The van der Waals surface area contributed by atoms with Gasteiger partial charge in [0.1, 0.15) is 18.2 Å². The Kier molecular flexibility index (Phi) is 3.52. The van der Waals surface area contributed by atoms with E-state index in [1.54, 1.807) is 20.8 Å². The Balaban J connectivity index is 2.36. The highest BCUT2D eigenvalue weighted by molar-refractivity contribution is 6.52. The summed E-state index contributed by atoms with van der Waals surface area (Å²) in [4.78, 5) is 36.1. The van der Waals surface area contributed by atoms with Gasteiger partial charge in [0.05, 0.1) is 11.3 Å². The van der Waals surface area contributed by atoms with E-state index in [0.717, 1.165) is 12.1 Å². The predicted octanol–water partition coefficient (Wildman–Crippen LogP) is 1.41. The molecule has 0 bridgehead atoms. The van der Waals surface area contributed by atoms with E-state index in [-0.39, 0.29) is 0 Å². The molecule has 112 valence electrons. The van der Waals surface area contributed by atoms with E-state index >= 15 is 0 Å². The van der Waals surface area contributed by atoms with Gasteiger partial charge in [0, 0.05) is 5.54 Å². The Hall–Kier alpha value is -2.31. The first-order valence-electron chi connectivity index (χ1n) is 6.27. The average Bonchev–Trinajstić information content (AvgIpc) is 2.58. The van der Waals surface area contributed by atoms with Crippen LogP contribution in [0.3, 0.4) is 0 Å². The second kappa shape index (κ2) is 4.91. The molecule has 0 saturated carbocycles. The Morgan fingerprint density at radius 2 is 1.76 bits per heavy atom. The van der Waals surface area contributed by atoms with Gasteiger partial charge in [-0.15, -0.1) is 0 Å². The molecular weight excluding hydrogens is 282 g/mol. The fourth-order valence-corrected chi connectivity index (χ4v) is 2.10. The number of ketones is 1. The summed E-state index contributed by atoms with van der Waals surface area (Å²) in [6, 6.07) is 1.59. The van der Waals surface area contributed by atoms with Crippen LogP contribution in [0.5, 0.6) is 0 Å². The lowest BCUT2D eigenvalue weighted by atomic mass is 10.1. The molecule has 0 spiro atoms. The number of Topliss-reactive ketones (excluding diaryl/α,β-unsaturated/α-hetero) is 1. The van der Waals surface area contributed by atoms with Crippen LogP contribution < -0.4 is 10.2 Å². The maximum atomic E-state index is 13.8. The average molecular weight is 296 g/mol. The lowest BCUT2D eigenvalue weighted by Gasteiger charge is -2.23. The van der Waals surface area contributed by atoms with Crippen molar-refractivity contribution in [3.63, 3.8) is 0 Å². The van der Waals surface area contributed by atoms with Crippen molar-refractivity contribution in [2.24, 2.45) is 0 Å². The van der Waals surface area contributed by atoms with Gasteiger partial charge in [-0.3, -0.25) is 19.3 Å². The van der Waals surface area contributed by atoms with Gasteiger partial charge < -0.3 is 5.32 Å². The molecule has 0 aromatic heterocycles. The monoisotopic (exact) mass is 296 g/mol. The smallest absolute Gasteiger partial charge is 0.300 e. The van der Waals surface area contributed by atoms with Crippen LogP contribution >= 0.6 is 0 Å². The largest absolute Gasteiger partial charge is 0.350 e. The fourth-order valence-electron chi connectivity index (χ4n) is 2.10. The van der Waals surface area contributed by atoms with E-state index in [9.17, 15) is 23.2 Å². The molecule has 0 atom stereocenters. The third-order valence-corrected chi connectivity index (χ3v) is 2.83. The molecule has 2 rings (SSSR count). The third-order valence-electron chi connectivity index (χ3n) is 2.83. The topological polar surface area (TPSA) is 66.5 Å². The van der Waals surface area contributed by atoms with Crippen LogP contribution in [-0.2, 0) is 9.59 Å². The first kappa shape index (κ1) is 15.1. The van der Waals surface area contributed by atoms with Crippen molar-refractivity contribution in [2.45, 2.75) is 26.3 Å². The van der Waals surface area contributed by atoms with Gasteiger partial charge in [-0.05, 0) is 32.9 Å². The van der Waals surface area contributed by atoms with Crippen molar-refractivity contribution in [3.8, 4) is 0 Å². The molecule has 1 aromatic carbocycles. The molecule has 0 fully saturated rings. The SMILES string of the molecule is CC(C)(C)NC(=O)CN1C(=O)C(=O)c2c(F)ccc(F)c21. The molecular formula is C14H14F2N2O3. The zero-order valence-electron chi connectivity index (χ0n) is 11.8. The number of nitrogens with zero attached hydrogens (tertiary/aromatic N) is 1. The van der Waals surface area contributed by atoms with Gasteiger partial charge in [-0.1, -0.05) is 0 Å². The van der Waals surface area contributed by atoms with E-state index in [1.807, 2.05) is 0 Å². The Morgan fingerprint density at radius 3 is 2.33 bits per heavy atom. The van der Waals surface area contributed by atoms with Gasteiger partial charge in [-0.25, -0.2) is 8.78 Å². The number of benzene rings is 1. The van der Waals surface area contributed by atoms with Crippen molar-refractivity contribution in [2.75, 3.05) is 11.4 Å². The molecule has 7 heteroatoms. The highest BCUT2D eigenvalue weighted by Gasteiger charge is 2.41. The molecule has 1 N–H and O–H groups in total. The molecule has 0 aliphatic carbocycles. The van der Waals surface area contributed by atoms with E-state index < -0.39 is 52.6 Å². The Bertz CT molecular complexity index is 650. The second-order valence-electron chi connectivity index (χ2n) is 5.77. The summed E-state index contributed by atoms with van der Waals surface area (Å²) in [6.07, 6.45) is 0. The van der Waals surface area contributed by atoms with Crippen LogP contribution in [0.15, 0.2) is 12.1 Å². The summed E-state index contributed by atoms with van der Waals surface area (Å²) in [5, 5.41) is 2.59. The summed E-state index contributed by atoms with van der Waals surface area (Å²) in [6.45, 7) is 4.65. The van der Waals surface area contributed by atoms with E-state index in [1.165, 1.54) is 0 Å². The predicted molar refractivity (Wildman–Crippen MR) is 70.9 cm³/mol. The number of rotatable bonds is 2. The van der Waals surface area contributed by atoms with Crippen LogP contribution in [0.25, 0.3) is 0 Å². The molecule has 1 heterocycles. The van der Waals surface area contributed by atoms with Gasteiger partial charge in [0.2, 0.25) is 5.91 Å². The van der Waals surface area contributed by atoms with Crippen LogP contribution in [0.4, 0.5) is 14.5 Å². The number of nitrogens with one attached hydrogen (secondary N) is 1. The summed E-state index contributed by atoms with van der Waals surface area (Å²) in [7, 11) is 0. The zero-order chi connectivity index (χ0) is 15.9. The van der Waals surface area contributed by atoms with Crippen LogP contribution in [-0.4, -0.2) is 29.7 Å². The molecule has 0 unspecified atom stereocenters. The number of fused-ring (bicyclic) bond motifs is 1. The maximum Gasteiger partial charge on any atom is 0.300 e. The lowest BCUT2D eigenvalue weighted by Crippen LogP contribution is -2.47. The number of carbonyl (C=O) groups is 3. The Labute approximate surface area is 119 Å². The van der Waals surface area contributed by atoms with Crippen LogP contribution in [0.1, 0.15) is 31.1 Å². The van der Waals surface area contributed by atoms with E-state index in [0.29, 0.717) is 4.90 Å². The van der Waals surface area contributed by atoms with Crippen molar-refractivity contribution >= 4 is 23.3 Å². The zero-order valence-corrected chi connectivity index (χ0v) is 11.8. The second-order valence-corrected chi connectivity index (χ2v) is 5.77. The number of halogens is 2. The van der Waals surface area contributed by atoms with Crippen molar-refractivity contribution in [1.29, 1.82) is 0 Å². The van der Waals surface area contributed by atoms with Gasteiger partial charge >= 0.3 is 0 Å². The number of hydrogen-bond donors (Lipinski definition) is 1. The van der Waals surface area contributed by atoms with E-state index in [2.05, 4.69) is 5.32 Å². The molecule has 0 saturated heterocycles. The highest BCUT2D eigenvalue weighted by Crippen LogP contribution is 2.33.